The minimum Gasteiger partial charge on any atom is -0.477 e. The first-order valence-corrected chi connectivity index (χ1v) is 9.74. The van der Waals surface area contributed by atoms with Gasteiger partial charge in [-0.25, -0.2) is 13.6 Å². The van der Waals surface area contributed by atoms with E-state index in [9.17, 15) is 19.1 Å². The molecule has 148 valence electrons. The zero-order valence-corrected chi connectivity index (χ0v) is 15.3. The molecule has 1 saturated carbocycles. The first-order valence-electron chi connectivity index (χ1n) is 9.74. The van der Waals surface area contributed by atoms with E-state index in [4.69, 9.17) is 0 Å². The zero-order chi connectivity index (χ0) is 19.6. The number of nitrogens with zero attached hydrogens (tertiary/aromatic N) is 2. The highest BCUT2D eigenvalue weighted by Gasteiger charge is 2.38. The van der Waals surface area contributed by atoms with Crippen LogP contribution in [0.2, 0.25) is 0 Å². The Labute approximate surface area is 159 Å². The smallest absolute Gasteiger partial charge is 0.341 e. The Bertz CT molecular complexity index is 1030. The quantitative estimate of drug-likeness (QED) is 0.844. The van der Waals surface area contributed by atoms with Crippen LogP contribution >= 0.6 is 0 Å². The zero-order valence-electron chi connectivity index (χ0n) is 15.3. The number of hydrogen-bond acceptors (Lipinski definition) is 4. The summed E-state index contributed by atoms with van der Waals surface area (Å²) in [7, 11) is 0. The number of piperidine rings is 1. The van der Waals surface area contributed by atoms with Gasteiger partial charge in [0.25, 0.3) is 0 Å². The third-order valence-electron chi connectivity index (χ3n) is 6.27. The lowest BCUT2D eigenvalue weighted by Gasteiger charge is -2.24. The number of hydrogen-bond donors (Lipinski definition) is 2. The van der Waals surface area contributed by atoms with Gasteiger partial charge in [0.05, 0.1) is 10.9 Å². The van der Waals surface area contributed by atoms with Gasteiger partial charge in [0, 0.05) is 31.4 Å². The third kappa shape index (κ3) is 2.62. The molecule has 3 fully saturated rings. The second kappa shape index (κ2) is 6.27. The van der Waals surface area contributed by atoms with Crippen molar-refractivity contribution in [3.8, 4) is 0 Å². The lowest BCUT2D eigenvalue weighted by Crippen LogP contribution is -2.40. The standard InChI is InChI=1S/C20H21F2N3O3/c21-14-6-12-17(25(11-3-4-11)8-13(19(12)26)20(27)28)16(22)18(14)24-7-10-2-1-5-23-15(10)9-24/h6,8,10-11,15,23H,1-5,7,9H2,(H,27,28)/t10-,15+/m0/s1. The molecule has 2 N–H and O–H groups in total. The molecule has 0 spiro atoms. The fourth-order valence-corrected chi connectivity index (χ4v) is 4.74. The fraction of sp³-hybridized carbons (Fsp3) is 0.500. The molecule has 2 aliphatic heterocycles. The molecule has 2 atom stereocenters. The number of aromatic carboxylic acids is 1. The van der Waals surface area contributed by atoms with E-state index in [2.05, 4.69) is 5.32 Å². The molecule has 0 bridgehead atoms. The lowest BCUT2D eigenvalue weighted by molar-refractivity contribution is 0.0695. The second-order valence-corrected chi connectivity index (χ2v) is 8.10. The van der Waals surface area contributed by atoms with Crippen LogP contribution in [-0.2, 0) is 0 Å². The SMILES string of the molecule is O=C(O)c1cn(C2CC2)c2c(F)c(N3C[C@@H]4CCCN[C@@H]4C3)c(F)cc2c1=O. The number of aromatic nitrogens is 1. The number of fused-ring (bicyclic) bond motifs is 2. The van der Waals surface area contributed by atoms with E-state index in [-0.39, 0.29) is 28.7 Å². The molecule has 5 rings (SSSR count). The summed E-state index contributed by atoms with van der Waals surface area (Å²) in [4.78, 5) is 25.7. The Morgan fingerprint density at radius 2 is 2.00 bits per heavy atom. The Hall–Kier alpha value is -2.48. The van der Waals surface area contributed by atoms with E-state index in [0.29, 0.717) is 19.0 Å². The van der Waals surface area contributed by atoms with Gasteiger partial charge in [-0.05, 0) is 44.2 Å². The highest BCUT2D eigenvalue weighted by Crippen LogP contribution is 2.40. The Morgan fingerprint density at radius 3 is 2.68 bits per heavy atom. The maximum Gasteiger partial charge on any atom is 0.341 e. The number of carbonyl (C=O) groups is 1. The molecule has 1 aromatic carbocycles. The van der Waals surface area contributed by atoms with Gasteiger partial charge in [-0.3, -0.25) is 4.79 Å². The summed E-state index contributed by atoms with van der Waals surface area (Å²) in [6.07, 6.45) is 4.85. The third-order valence-corrected chi connectivity index (χ3v) is 6.27. The first kappa shape index (κ1) is 17.6. The molecule has 28 heavy (non-hydrogen) atoms. The van der Waals surface area contributed by atoms with Crippen LogP contribution in [0.3, 0.4) is 0 Å². The summed E-state index contributed by atoms with van der Waals surface area (Å²) in [5.41, 5.74) is -1.40. The summed E-state index contributed by atoms with van der Waals surface area (Å²) in [6, 6.07) is 1.16. The van der Waals surface area contributed by atoms with Gasteiger partial charge in [-0.2, -0.15) is 0 Å². The average Bonchev–Trinajstić information content (AvgIpc) is 3.41. The van der Waals surface area contributed by atoms with Crippen LogP contribution in [0.1, 0.15) is 42.1 Å². The Kier molecular flexibility index (Phi) is 3.94. The van der Waals surface area contributed by atoms with Crippen molar-refractivity contribution in [1.29, 1.82) is 0 Å². The molecule has 8 heteroatoms. The van der Waals surface area contributed by atoms with Crippen LogP contribution in [0, 0.1) is 17.6 Å². The minimum absolute atomic E-state index is 0.0109. The molecule has 3 heterocycles. The van der Waals surface area contributed by atoms with Gasteiger partial charge in [0.15, 0.2) is 5.82 Å². The van der Waals surface area contributed by atoms with E-state index in [1.807, 2.05) is 0 Å². The number of rotatable bonds is 3. The Morgan fingerprint density at radius 1 is 1.21 bits per heavy atom. The number of carboxylic acid groups (broad SMARTS) is 1. The summed E-state index contributed by atoms with van der Waals surface area (Å²) >= 11 is 0. The monoisotopic (exact) mass is 389 g/mol. The van der Waals surface area contributed by atoms with Crippen LogP contribution < -0.4 is 15.6 Å². The highest BCUT2D eigenvalue weighted by atomic mass is 19.1. The van der Waals surface area contributed by atoms with Crippen molar-refractivity contribution < 1.29 is 18.7 Å². The summed E-state index contributed by atoms with van der Waals surface area (Å²) in [5, 5.41) is 12.5. The molecule has 2 aromatic rings. The second-order valence-electron chi connectivity index (χ2n) is 8.10. The van der Waals surface area contributed by atoms with Gasteiger partial charge < -0.3 is 19.9 Å². The van der Waals surface area contributed by atoms with Crippen LogP contribution in [-0.4, -0.2) is 41.3 Å². The number of anilines is 1. The van der Waals surface area contributed by atoms with Crippen molar-refractivity contribution in [2.24, 2.45) is 5.92 Å². The molecule has 0 unspecified atom stereocenters. The lowest BCUT2D eigenvalue weighted by atomic mass is 9.94. The van der Waals surface area contributed by atoms with Gasteiger partial charge in [0.1, 0.15) is 17.1 Å². The first-order chi connectivity index (χ1) is 13.5. The topological polar surface area (TPSA) is 74.6 Å². The molecule has 0 amide bonds. The fourth-order valence-electron chi connectivity index (χ4n) is 4.74. The molecule has 0 radical (unpaired) electrons. The average molecular weight is 389 g/mol. The van der Waals surface area contributed by atoms with E-state index < -0.39 is 28.6 Å². The van der Waals surface area contributed by atoms with Crippen molar-refractivity contribution in [3.05, 3.63) is 39.7 Å². The van der Waals surface area contributed by atoms with Crippen LogP contribution in [0.4, 0.5) is 14.5 Å². The van der Waals surface area contributed by atoms with Crippen molar-refractivity contribution in [2.75, 3.05) is 24.5 Å². The molecule has 1 aromatic heterocycles. The van der Waals surface area contributed by atoms with E-state index >= 15 is 4.39 Å². The maximum atomic E-state index is 15.6. The molecule has 1 aliphatic carbocycles. The predicted molar refractivity (Wildman–Crippen MR) is 100 cm³/mol. The van der Waals surface area contributed by atoms with Gasteiger partial charge in [-0.1, -0.05) is 0 Å². The molecule has 3 aliphatic rings. The van der Waals surface area contributed by atoms with Crippen LogP contribution in [0.15, 0.2) is 17.1 Å². The molecule has 6 nitrogen and oxygen atoms in total. The van der Waals surface area contributed by atoms with Crippen LogP contribution in [0.25, 0.3) is 10.9 Å². The van der Waals surface area contributed by atoms with Crippen molar-refractivity contribution >= 4 is 22.6 Å². The van der Waals surface area contributed by atoms with E-state index in [1.54, 1.807) is 4.90 Å². The van der Waals surface area contributed by atoms with Crippen molar-refractivity contribution in [2.45, 2.75) is 37.8 Å². The summed E-state index contributed by atoms with van der Waals surface area (Å²) in [5.74, 6) is -2.62. The van der Waals surface area contributed by atoms with Gasteiger partial charge in [0.2, 0.25) is 5.43 Å². The maximum absolute atomic E-state index is 15.6. The molecular formula is C20H21F2N3O3. The summed E-state index contributed by atoms with van der Waals surface area (Å²) in [6.45, 7) is 2.00. The molecular weight excluding hydrogens is 368 g/mol. The van der Waals surface area contributed by atoms with Crippen LogP contribution in [0.5, 0.6) is 0 Å². The minimum atomic E-state index is -1.39. The Balaban J connectivity index is 1.70. The summed E-state index contributed by atoms with van der Waals surface area (Å²) < 4.78 is 32.1. The van der Waals surface area contributed by atoms with E-state index in [1.165, 1.54) is 10.8 Å². The number of nitrogens with one attached hydrogen (secondary N) is 1. The normalized spacial score (nSPS) is 24.6. The number of pyridine rings is 1. The van der Waals surface area contributed by atoms with Gasteiger partial charge >= 0.3 is 5.97 Å². The highest BCUT2D eigenvalue weighted by molar-refractivity contribution is 5.94. The van der Waals surface area contributed by atoms with Crippen molar-refractivity contribution in [3.63, 3.8) is 0 Å². The predicted octanol–water partition coefficient (Wildman–Crippen LogP) is 2.50. The largest absolute Gasteiger partial charge is 0.477 e. The number of halogens is 2. The van der Waals surface area contributed by atoms with E-state index in [0.717, 1.165) is 38.3 Å². The molecule has 2 saturated heterocycles. The number of benzene rings is 1. The van der Waals surface area contributed by atoms with Crippen molar-refractivity contribution in [1.82, 2.24) is 9.88 Å². The number of carboxylic acids is 1. The van der Waals surface area contributed by atoms with Gasteiger partial charge in [-0.15, -0.1) is 0 Å².